The second-order valence-electron chi connectivity index (χ2n) is 15.9. The fourth-order valence-electron chi connectivity index (χ4n) is 7.36. The third-order valence-electron chi connectivity index (χ3n) is 10.7. The summed E-state index contributed by atoms with van der Waals surface area (Å²) in [6.45, 7) is 6.89. The second kappa shape index (κ2) is 17.9. The maximum Gasteiger partial charge on any atom is 0.394 e. The molecule has 1 radical (unpaired) electrons. The predicted molar refractivity (Wildman–Crippen MR) is 243 cm³/mol. The molecule has 9 rings (SSSR count). The first-order chi connectivity index (χ1) is 31.8. The van der Waals surface area contributed by atoms with Crippen molar-refractivity contribution in [3.8, 4) is 39.5 Å². The molecule has 0 aliphatic heterocycles. The molecule has 0 saturated carbocycles. The van der Waals surface area contributed by atoms with E-state index >= 15 is 0 Å². The number of pyridine rings is 1. The minimum Gasteiger partial charge on any atom is -0.501 e. The summed E-state index contributed by atoms with van der Waals surface area (Å²) in [5, 5.41) is 2.00. The fourth-order valence-corrected chi connectivity index (χ4v) is 7.36. The molecule has 0 fully saturated rings. The Morgan fingerprint density at radius 1 is 0.774 bits per heavy atom. The molecule has 8 heteroatoms. The van der Waals surface area contributed by atoms with Crippen molar-refractivity contribution in [3.63, 3.8) is 0 Å². The van der Waals surface area contributed by atoms with Crippen LogP contribution in [0.3, 0.4) is 0 Å². The van der Waals surface area contributed by atoms with Crippen LogP contribution >= 0.6 is 0 Å². The number of furan rings is 1. The van der Waals surface area contributed by atoms with Gasteiger partial charge in [0.05, 0.1) is 27.9 Å². The standard InChI is InChI=1S/C28H21F3NO.C26H27N2.Ir/c1-27(2,28(29,30)31)16-18-10-12-19(13-11-18)20-14-15-24(32-17-20)23-8-5-7-22-21-6-3-4-9-25(21)33-26(22)23;1-17(2)21-9-8-10-22(18(3)4)25(21)28-24-12-7-6-11-23(24)27-26(28)20-15-13-19(5)14-16-20;/h3-7,9-15,17H,16H2,1-2H3;6-15,17-18H,1-5H3;/q2*-1;/i16D2;5D3,17D,18D;. The Bertz CT molecular complexity index is 3240. The van der Waals surface area contributed by atoms with Crippen molar-refractivity contribution in [2.24, 2.45) is 5.41 Å². The molecule has 0 atom stereocenters. The quantitative estimate of drug-likeness (QED) is 0.143. The number of benzene rings is 6. The number of halogens is 3. The van der Waals surface area contributed by atoms with E-state index in [1.807, 2.05) is 123 Å². The molecule has 0 bridgehead atoms. The largest absolute Gasteiger partial charge is 0.501 e. The SMILES string of the molecule is [2H]C([2H])([2H])c1c[c-]c(-c2nc3ccccc3n2-c2c(C([2H])(C)C)cccc2C([2H])(C)C)cc1.[2H]C([2H])(c1ccc(-c2ccc(-c3[c-]ccc4c3oc3ccccc34)nc2)cc1)C(C)(C)C(F)(F)F.[Ir]. The van der Waals surface area contributed by atoms with Gasteiger partial charge in [0, 0.05) is 47.0 Å². The Morgan fingerprint density at radius 3 is 2.11 bits per heavy atom. The summed E-state index contributed by atoms with van der Waals surface area (Å²) in [6, 6.07) is 45.9. The first kappa shape index (κ1) is 35.7. The van der Waals surface area contributed by atoms with Crippen molar-refractivity contribution in [1.82, 2.24) is 14.5 Å². The maximum absolute atomic E-state index is 13.4. The minimum absolute atomic E-state index is 0. The zero-order chi connectivity index (χ0) is 49.2. The van der Waals surface area contributed by atoms with Crippen LogP contribution in [0.5, 0.6) is 0 Å². The zero-order valence-electron chi connectivity index (χ0n) is 42.0. The van der Waals surface area contributed by atoms with Gasteiger partial charge in [-0.2, -0.15) is 13.2 Å². The molecular weight excluding hydrogens is 956 g/mol. The van der Waals surface area contributed by atoms with Crippen molar-refractivity contribution in [2.45, 2.75) is 72.7 Å². The molecule has 0 N–H and O–H groups in total. The van der Waals surface area contributed by atoms with Crippen LogP contribution in [-0.4, -0.2) is 20.7 Å². The molecule has 9 aromatic rings. The first-order valence-corrected chi connectivity index (χ1v) is 19.9. The average Bonchev–Trinajstić information content (AvgIpc) is 3.87. The normalized spacial score (nSPS) is 14.4. The number of imidazole rings is 1. The van der Waals surface area contributed by atoms with E-state index in [1.54, 1.807) is 30.5 Å². The van der Waals surface area contributed by atoms with Gasteiger partial charge in [0.1, 0.15) is 5.58 Å². The summed E-state index contributed by atoms with van der Waals surface area (Å²) < 4.78 is 105. The summed E-state index contributed by atoms with van der Waals surface area (Å²) in [5.41, 5.74) is 6.62. The molecule has 0 spiro atoms. The molecule has 4 nitrogen and oxygen atoms in total. The zero-order valence-corrected chi connectivity index (χ0v) is 37.4. The number of alkyl halides is 3. The molecule has 62 heavy (non-hydrogen) atoms. The average molecular weight is 1010 g/mol. The molecule has 3 heterocycles. The third-order valence-corrected chi connectivity index (χ3v) is 10.7. The second-order valence-corrected chi connectivity index (χ2v) is 15.9. The van der Waals surface area contributed by atoms with E-state index in [-0.39, 0.29) is 31.2 Å². The number of rotatable bonds is 8. The van der Waals surface area contributed by atoms with Gasteiger partial charge in [-0.05, 0) is 69.9 Å². The van der Waals surface area contributed by atoms with E-state index in [4.69, 9.17) is 19.0 Å². The smallest absolute Gasteiger partial charge is 0.394 e. The van der Waals surface area contributed by atoms with Crippen molar-refractivity contribution in [1.29, 1.82) is 0 Å². The predicted octanol–water partition coefficient (Wildman–Crippen LogP) is 15.3. The number of hydrogen-bond donors (Lipinski definition) is 0. The van der Waals surface area contributed by atoms with Gasteiger partial charge in [-0.3, -0.25) is 4.98 Å². The molecule has 0 aliphatic carbocycles. The van der Waals surface area contributed by atoms with Crippen molar-refractivity contribution >= 4 is 33.0 Å². The van der Waals surface area contributed by atoms with Gasteiger partial charge < -0.3 is 14.0 Å². The summed E-state index contributed by atoms with van der Waals surface area (Å²) in [6.07, 6.45) is -5.60. The van der Waals surface area contributed by atoms with Crippen LogP contribution in [-0.2, 0) is 26.5 Å². The van der Waals surface area contributed by atoms with E-state index in [1.165, 1.54) is 18.2 Å². The van der Waals surface area contributed by atoms with E-state index < -0.39 is 36.6 Å². The van der Waals surface area contributed by atoms with Crippen molar-refractivity contribution in [3.05, 3.63) is 174 Å². The van der Waals surface area contributed by atoms with Crippen LogP contribution in [0.2, 0.25) is 0 Å². The monoisotopic (exact) mass is 1010 g/mol. The minimum atomic E-state index is -4.69. The van der Waals surface area contributed by atoms with E-state index in [2.05, 4.69) is 17.1 Å². The Hall–Kier alpha value is -5.82. The van der Waals surface area contributed by atoms with Gasteiger partial charge in [0.2, 0.25) is 0 Å². The third kappa shape index (κ3) is 8.77. The summed E-state index contributed by atoms with van der Waals surface area (Å²) in [5.74, 6) is -1.25. The first-order valence-electron chi connectivity index (χ1n) is 23.4. The van der Waals surface area contributed by atoms with E-state index in [0.29, 0.717) is 22.7 Å². The van der Waals surface area contributed by atoms with Crippen molar-refractivity contribution in [2.75, 3.05) is 0 Å². The van der Waals surface area contributed by atoms with E-state index in [0.717, 1.165) is 74.7 Å². The number of hydrogen-bond acceptors (Lipinski definition) is 3. The molecule has 0 saturated heterocycles. The number of aromatic nitrogens is 3. The van der Waals surface area contributed by atoms with Crippen LogP contribution < -0.4 is 0 Å². The van der Waals surface area contributed by atoms with Gasteiger partial charge in [-0.1, -0.05) is 144 Å². The van der Waals surface area contributed by atoms with Gasteiger partial charge in [0.15, 0.2) is 0 Å². The van der Waals surface area contributed by atoms with Crippen LogP contribution in [0, 0.1) is 24.4 Å². The Balaban J connectivity index is 0.000000201. The van der Waals surface area contributed by atoms with E-state index in [9.17, 15) is 13.2 Å². The molecular formula is C54H48F3IrN3O-2. The van der Waals surface area contributed by atoms with Crippen LogP contribution in [0.4, 0.5) is 13.2 Å². The van der Waals surface area contributed by atoms with Crippen LogP contribution in [0.25, 0.3) is 72.4 Å². The van der Waals surface area contributed by atoms with Crippen molar-refractivity contribution < 1.29 is 47.3 Å². The Labute approximate surface area is 385 Å². The molecule has 3 aromatic heterocycles. The molecule has 0 aliphatic rings. The molecule has 0 unspecified atom stereocenters. The van der Waals surface area contributed by atoms with Gasteiger partial charge in [-0.15, -0.1) is 53.6 Å². The maximum atomic E-state index is 13.4. The fraction of sp³-hybridized carbons (Fsp3) is 0.222. The summed E-state index contributed by atoms with van der Waals surface area (Å²) in [4.78, 5) is 9.44. The Morgan fingerprint density at radius 2 is 1.47 bits per heavy atom. The van der Waals surface area contributed by atoms with Gasteiger partial charge in [0.25, 0.3) is 0 Å². The van der Waals surface area contributed by atoms with Crippen LogP contribution in [0.15, 0.2) is 144 Å². The summed E-state index contributed by atoms with van der Waals surface area (Å²) >= 11 is 0. The van der Waals surface area contributed by atoms with Crippen LogP contribution in [0.1, 0.15) is 85.2 Å². The topological polar surface area (TPSA) is 43.9 Å². The molecule has 6 aromatic carbocycles. The molecule has 0 amide bonds. The number of fused-ring (bicyclic) bond motifs is 4. The number of para-hydroxylation sites is 4. The van der Waals surface area contributed by atoms with Gasteiger partial charge >= 0.3 is 6.18 Å². The van der Waals surface area contributed by atoms with Gasteiger partial charge in [-0.25, -0.2) is 0 Å². The Kier molecular flexibility index (Phi) is 10.3. The molecule has 317 valence electrons. The number of nitrogens with zero attached hydrogens (tertiary/aromatic N) is 3. The summed E-state index contributed by atoms with van der Waals surface area (Å²) in [7, 11) is 0. The number of aryl methyl sites for hydroxylation is 1.